The zero-order chi connectivity index (χ0) is 14.7. The van der Waals surface area contributed by atoms with Crippen molar-refractivity contribution in [2.75, 3.05) is 0 Å². The molecule has 2 N–H and O–H groups in total. The van der Waals surface area contributed by atoms with Crippen LogP contribution >= 0.6 is 0 Å². The van der Waals surface area contributed by atoms with Gasteiger partial charge in [0.05, 0.1) is 0 Å². The molecule has 1 aromatic heterocycles. The van der Waals surface area contributed by atoms with E-state index in [-0.39, 0.29) is 6.03 Å². The first-order chi connectivity index (χ1) is 10.2. The van der Waals surface area contributed by atoms with E-state index in [1.54, 1.807) is 6.20 Å². The summed E-state index contributed by atoms with van der Waals surface area (Å²) in [6.45, 7) is 2.53. The van der Waals surface area contributed by atoms with Crippen molar-refractivity contribution in [2.24, 2.45) is 11.8 Å². The van der Waals surface area contributed by atoms with Crippen molar-refractivity contribution >= 4 is 6.03 Å². The molecule has 2 unspecified atom stereocenters. The van der Waals surface area contributed by atoms with Crippen LogP contribution < -0.4 is 10.6 Å². The number of rotatable bonds is 4. The lowest BCUT2D eigenvalue weighted by atomic mass is 9.83. The maximum Gasteiger partial charge on any atom is 0.315 e. The molecule has 2 atom stereocenters. The summed E-state index contributed by atoms with van der Waals surface area (Å²) in [6, 6.07) is 4.27. The van der Waals surface area contributed by atoms with Gasteiger partial charge < -0.3 is 10.6 Å². The minimum atomic E-state index is -0.0362. The second-order valence-corrected chi connectivity index (χ2v) is 6.59. The normalized spacial score (nSPS) is 25.4. The minimum absolute atomic E-state index is 0.0362. The number of nitrogens with zero attached hydrogens (tertiary/aromatic N) is 1. The number of pyridine rings is 1. The third-order valence-corrected chi connectivity index (χ3v) is 4.75. The topological polar surface area (TPSA) is 54.0 Å². The first-order valence-electron chi connectivity index (χ1n) is 8.16. The third-order valence-electron chi connectivity index (χ3n) is 4.75. The van der Waals surface area contributed by atoms with E-state index in [0.29, 0.717) is 12.6 Å². The van der Waals surface area contributed by atoms with E-state index in [1.807, 2.05) is 19.1 Å². The van der Waals surface area contributed by atoms with Crippen molar-refractivity contribution in [1.29, 1.82) is 0 Å². The summed E-state index contributed by atoms with van der Waals surface area (Å²) in [5.41, 5.74) is 2.08. The second kappa shape index (κ2) is 6.46. The van der Waals surface area contributed by atoms with Gasteiger partial charge in [-0.15, -0.1) is 0 Å². The fraction of sp³-hybridized carbons (Fsp3) is 0.647. The molecule has 114 valence electrons. The number of aromatic nitrogens is 1. The number of hydrogen-bond donors (Lipinski definition) is 2. The van der Waals surface area contributed by atoms with Crippen LogP contribution in [0.3, 0.4) is 0 Å². The Morgan fingerprint density at radius 3 is 2.90 bits per heavy atom. The van der Waals surface area contributed by atoms with Gasteiger partial charge in [0.1, 0.15) is 0 Å². The van der Waals surface area contributed by atoms with Gasteiger partial charge in [-0.25, -0.2) is 4.79 Å². The Morgan fingerprint density at radius 2 is 2.14 bits per heavy atom. The number of amides is 2. The molecule has 0 saturated heterocycles. The van der Waals surface area contributed by atoms with E-state index in [2.05, 4.69) is 15.6 Å². The molecule has 3 rings (SSSR count). The summed E-state index contributed by atoms with van der Waals surface area (Å²) < 4.78 is 0. The van der Waals surface area contributed by atoms with Crippen LogP contribution in [0.15, 0.2) is 18.3 Å². The Bertz CT molecular complexity index is 499. The molecular formula is C17H25N3O. The fourth-order valence-corrected chi connectivity index (χ4v) is 3.49. The Morgan fingerprint density at radius 1 is 1.29 bits per heavy atom. The molecule has 2 aliphatic carbocycles. The molecule has 0 aromatic carbocycles. The zero-order valence-corrected chi connectivity index (χ0v) is 12.8. The molecule has 2 amide bonds. The molecule has 4 heteroatoms. The highest BCUT2D eigenvalue weighted by atomic mass is 16.2. The molecule has 2 fully saturated rings. The first kappa shape index (κ1) is 14.4. The van der Waals surface area contributed by atoms with Crippen molar-refractivity contribution in [3.05, 3.63) is 29.6 Å². The van der Waals surface area contributed by atoms with Gasteiger partial charge in [0.25, 0.3) is 0 Å². The SMILES string of the molecule is Cc1cc(CNC(=O)NC2CCCC(C3CC3)C2)ccn1. The van der Waals surface area contributed by atoms with Crippen LogP contribution in [0.2, 0.25) is 0 Å². The van der Waals surface area contributed by atoms with E-state index in [0.717, 1.165) is 29.5 Å². The smallest absolute Gasteiger partial charge is 0.315 e. The summed E-state index contributed by atoms with van der Waals surface area (Å²) in [6.07, 6.45) is 9.52. The van der Waals surface area contributed by atoms with Crippen LogP contribution in [-0.2, 0) is 6.54 Å². The standard InChI is InChI=1S/C17H25N3O/c1-12-9-13(7-8-18-12)11-19-17(21)20-16-4-2-3-15(10-16)14-5-6-14/h7-9,14-16H,2-6,10-11H2,1H3,(H2,19,20,21). The molecular weight excluding hydrogens is 262 g/mol. The van der Waals surface area contributed by atoms with E-state index in [1.165, 1.54) is 32.1 Å². The number of nitrogens with one attached hydrogen (secondary N) is 2. The van der Waals surface area contributed by atoms with Gasteiger partial charge >= 0.3 is 6.03 Å². The van der Waals surface area contributed by atoms with Gasteiger partial charge in [-0.2, -0.15) is 0 Å². The van der Waals surface area contributed by atoms with Crippen molar-refractivity contribution in [1.82, 2.24) is 15.6 Å². The van der Waals surface area contributed by atoms with Gasteiger partial charge in [0.2, 0.25) is 0 Å². The van der Waals surface area contributed by atoms with Crippen LogP contribution in [0.25, 0.3) is 0 Å². The highest BCUT2D eigenvalue weighted by Gasteiger charge is 2.34. The molecule has 2 aliphatic rings. The summed E-state index contributed by atoms with van der Waals surface area (Å²) >= 11 is 0. The Labute approximate surface area is 126 Å². The molecule has 0 bridgehead atoms. The molecule has 4 nitrogen and oxygen atoms in total. The molecule has 0 spiro atoms. The lowest BCUT2D eigenvalue weighted by molar-refractivity contribution is 0.220. The zero-order valence-electron chi connectivity index (χ0n) is 12.8. The third kappa shape index (κ3) is 4.19. The minimum Gasteiger partial charge on any atom is -0.335 e. The number of hydrogen-bond acceptors (Lipinski definition) is 2. The van der Waals surface area contributed by atoms with Crippen LogP contribution in [0, 0.1) is 18.8 Å². The van der Waals surface area contributed by atoms with E-state index < -0.39 is 0 Å². The Balaban J connectivity index is 1.43. The van der Waals surface area contributed by atoms with E-state index in [4.69, 9.17) is 0 Å². The van der Waals surface area contributed by atoms with Gasteiger partial charge in [-0.3, -0.25) is 4.98 Å². The molecule has 0 aliphatic heterocycles. The lowest BCUT2D eigenvalue weighted by Crippen LogP contribution is -2.44. The largest absolute Gasteiger partial charge is 0.335 e. The molecule has 2 saturated carbocycles. The average Bonchev–Trinajstić information content (AvgIpc) is 3.30. The quantitative estimate of drug-likeness (QED) is 0.893. The lowest BCUT2D eigenvalue weighted by Gasteiger charge is -2.29. The van der Waals surface area contributed by atoms with Crippen molar-refractivity contribution in [3.63, 3.8) is 0 Å². The highest BCUT2D eigenvalue weighted by Crippen LogP contribution is 2.43. The van der Waals surface area contributed by atoms with E-state index in [9.17, 15) is 4.79 Å². The number of carbonyl (C=O) groups excluding carboxylic acids is 1. The Kier molecular flexibility index (Phi) is 4.42. The summed E-state index contributed by atoms with van der Waals surface area (Å²) in [7, 11) is 0. The summed E-state index contributed by atoms with van der Waals surface area (Å²) in [4.78, 5) is 16.2. The van der Waals surface area contributed by atoms with Crippen molar-refractivity contribution < 1.29 is 4.79 Å². The number of urea groups is 1. The summed E-state index contributed by atoms with van der Waals surface area (Å²) in [5.74, 6) is 1.81. The van der Waals surface area contributed by atoms with Crippen LogP contribution in [-0.4, -0.2) is 17.1 Å². The second-order valence-electron chi connectivity index (χ2n) is 6.59. The maximum absolute atomic E-state index is 12.0. The molecule has 1 aromatic rings. The summed E-state index contributed by atoms with van der Waals surface area (Å²) in [5, 5.41) is 6.11. The van der Waals surface area contributed by atoms with Crippen molar-refractivity contribution in [2.45, 2.75) is 58.0 Å². The predicted octanol–water partition coefficient (Wildman–Crippen LogP) is 3.16. The highest BCUT2D eigenvalue weighted by molar-refractivity contribution is 5.74. The van der Waals surface area contributed by atoms with Crippen molar-refractivity contribution in [3.8, 4) is 0 Å². The average molecular weight is 287 g/mol. The number of aryl methyl sites for hydroxylation is 1. The van der Waals surface area contributed by atoms with Crippen LogP contribution in [0.1, 0.15) is 49.8 Å². The molecule has 0 radical (unpaired) electrons. The van der Waals surface area contributed by atoms with E-state index >= 15 is 0 Å². The van der Waals surface area contributed by atoms with Crippen LogP contribution in [0.5, 0.6) is 0 Å². The number of carbonyl (C=O) groups is 1. The van der Waals surface area contributed by atoms with Gasteiger partial charge in [-0.05, 0) is 62.1 Å². The maximum atomic E-state index is 12.0. The monoisotopic (exact) mass is 287 g/mol. The van der Waals surface area contributed by atoms with Crippen LogP contribution in [0.4, 0.5) is 4.79 Å². The van der Waals surface area contributed by atoms with Gasteiger partial charge in [0.15, 0.2) is 0 Å². The molecule has 21 heavy (non-hydrogen) atoms. The molecule has 1 heterocycles. The predicted molar refractivity (Wildman–Crippen MR) is 82.8 cm³/mol. The van der Waals surface area contributed by atoms with Gasteiger partial charge in [0, 0.05) is 24.5 Å². The first-order valence-corrected chi connectivity index (χ1v) is 8.16. The van der Waals surface area contributed by atoms with Gasteiger partial charge in [-0.1, -0.05) is 12.8 Å². The Hall–Kier alpha value is -1.58. The fourth-order valence-electron chi connectivity index (χ4n) is 3.49.